The molecule has 0 saturated heterocycles. The Kier molecular flexibility index (Phi) is 2.71. The first-order valence-electron chi connectivity index (χ1n) is 2.26. The molecule has 0 spiro atoms. The Morgan fingerprint density at radius 2 is 0.750 bits per heavy atom. The molecule has 0 N–H and O–H groups in total. The summed E-state index contributed by atoms with van der Waals surface area (Å²) in [6.45, 7) is 0. The van der Waals surface area contributed by atoms with Gasteiger partial charge in [0, 0.05) is 0 Å². The first kappa shape index (κ1) is 11.2. The second-order valence-electron chi connectivity index (χ2n) is 1.62. The lowest BCUT2D eigenvalue weighted by Crippen LogP contribution is -2.17. The van der Waals surface area contributed by atoms with Gasteiger partial charge in [0.25, 0.3) is 0 Å². The van der Waals surface area contributed by atoms with Crippen LogP contribution in [0.25, 0.3) is 0 Å². The van der Waals surface area contributed by atoms with Crippen molar-refractivity contribution in [1.82, 2.24) is 0 Å². The molecule has 12 heavy (non-hydrogen) atoms. The summed E-state index contributed by atoms with van der Waals surface area (Å²) in [6, 6.07) is 0. The molecule has 0 aromatic heterocycles. The van der Waals surface area contributed by atoms with Crippen molar-refractivity contribution in [2.24, 2.45) is 0 Å². The summed E-state index contributed by atoms with van der Waals surface area (Å²) in [6.07, 6.45) is -11.9. The lowest BCUT2D eigenvalue weighted by atomic mass is 10.4. The lowest BCUT2D eigenvalue weighted by molar-refractivity contribution is -0.139. The quantitative estimate of drug-likeness (QED) is 0.526. The van der Waals surface area contributed by atoms with Crippen LogP contribution in [0.15, 0.2) is 11.7 Å². The van der Waals surface area contributed by atoms with Crippen LogP contribution in [0.4, 0.5) is 35.1 Å². The summed E-state index contributed by atoms with van der Waals surface area (Å²) in [5, 5.41) is 0. The van der Waals surface area contributed by atoms with Crippen molar-refractivity contribution in [2.45, 2.75) is 12.4 Å². The van der Waals surface area contributed by atoms with Gasteiger partial charge >= 0.3 is 12.4 Å². The van der Waals surface area contributed by atoms with Gasteiger partial charge in [-0.1, -0.05) is 0 Å². The standard InChI is InChI=1S/C4F8/c5-1(3(7,8)9)2(6)4(10,11)12/b2-1-. The third-order valence-electron chi connectivity index (χ3n) is 0.690. The Hall–Kier alpha value is -0.820. The maximum absolute atomic E-state index is 11.5. The van der Waals surface area contributed by atoms with Gasteiger partial charge in [0.05, 0.1) is 0 Å². The second kappa shape index (κ2) is 2.91. The monoisotopic (exact) mass is 200 g/mol. The highest BCUT2D eigenvalue weighted by Crippen LogP contribution is 2.37. The van der Waals surface area contributed by atoms with Crippen LogP contribution in [0.5, 0.6) is 0 Å². The summed E-state index contributed by atoms with van der Waals surface area (Å²) in [4.78, 5) is 0. The summed E-state index contributed by atoms with van der Waals surface area (Å²) >= 11 is 0. The van der Waals surface area contributed by atoms with E-state index in [4.69, 9.17) is 0 Å². The van der Waals surface area contributed by atoms with Gasteiger partial charge in [0.15, 0.2) is 0 Å². The SMILES string of the molecule is F/C(=C(\F)C(F)(F)F)C(F)(F)F. The molecule has 0 unspecified atom stereocenters. The van der Waals surface area contributed by atoms with Gasteiger partial charge in [-0.2, -0.15) is 35.1 Å². The number of halogens is 8. The minimum atomic E-state index is -5.94. The van der Waals surface area contributed by atoms with Crippen LogP contribution in [0, 0.1) is 0 Å². The average molecular weight is 200 g/mol. The highest BCUT2D eigenvalue weighted by molar-refractivity contribution is 5.10. The van der Waals surface area contributed by atoms with Gasteiger partial charge in [0.2, 0.25) is 11.7 Å². The first-order chi connectivity index (χ1) is 5.07. The summed E-state index contributed by atoms with van der Waals surface area (Å²) in [7, 11) is 0. The maximum Gasteiger partial charge on any atom is 0.445 e. The Balaban J connectivity index is 4.96. The normalized spacial score (nSPS) is 16.0. The van der Waals surface area contributed by atoms with Crippen LogP contribution in [0.3, 0.4) is 0 Å². The molecule has 0 atom stereocenters. The van der Waals surface area contributed by atoms with Crippen molar-refractivity contribution in [3.63, 3.8) is 0 Å². The van der Waals surface area contributed by atoms with E-state index in [0.29, 0.717) is 0 Å². The molecule has 0 amide bonds. The van der Waals surface area contributed by atoms with Gasteiger partial charge in [-0.15, -0.1) is 0 Å². The highest BCUT2D eigenvalue weighted by Gasteiger charge is 2.47. The summed E-state index contributed by atoms with van der Waals surface area (Å²) in [5.74, 6) is -7.54. The van der Waals surface area contributed by atoms with E-state index in [-0.39, 0.29) is 0 Å². The molecule has 0 saturated carbocycles. The van der Waals surface area contributed by atoms with E-state index in [1.54, 1.807) is 0 Å². The third kappa shape index (κ3) is 2.67. The molecular weight excluding hydrogens is 200 g/mol. The third-order valence-corrected chi connectivity index (χ3v) is 0.690. The molecule has 0 radical (unpaired) electrons. The minimum Gasteiger partial charge on any atom is -0.198 e. The molecule has 8 heteroatoms. The molecule has 0 aromatic rings. The highest BCUT2D eigenvalue weighted by atomic mass is 19.4. The van der Waals surface area contributed by atoms with E-state index in [1.165, 1.54) is 0 Å². The average Bonchev–Trinajstić information content (AvgIpc) is 1.80. The Morgan fingerprint density at radius 3 is 0.833 bits per heavy atom. The smallest absolute Gasteiger partial charge is 0.198 e. The summed E-state index contributed by atoms with van der Waals surface area (Å²) < 4.78 is 89.3. The number of allylic oxidation sites excluding steroid dienone is 2. The van der Waals surface area contributed by atoms with Gasteiger partial charge in [0.1, 0.15) is 0 Å². The van der Waals surface area contributed by atoms with Crippen molar-refractivity contribution >= 4 is 0 Å². The van der Waals surface area contributed by atoms with Crippen LogP contribution >= 0.6 is 0 Å². The van der Waals surface area contributed by atoms with Crippen molar-refractivity contribution in [2.75, 3.05) is 0 Å². The molecule has 0 aliphatic heterocycles. The maximum atomic E-state index is 11.5. The van der Waals surface area contributed by atoms with Crippen LogP contribution in [-0.4, -0.2) is 12.4 Å². The molecule has 0 aliphatic rings. The zero-order chi connectivity index (χ0) is 10.2. The Bertz CT molecular complexity index is 170. The fourth-order valence-corrected chi connectivity index (χ4v) is 0.249. The van der Waals surface area contributed by atoms with E-state index < -0.39 is 24.0 Å². The predicted octanol–water partition coefficient (Wildman–Crippen LogP) is 3.26. The van der Waals surface area contributed by atoms with Crippen LogP contribution < -0.4 is 0 Å². The molecule has 0 aromatic carbocycles. The zero-order valence-electron chi connectivity index (χ0n) is 5.02. The number of rotatable bonds is 0. The number of hydrogen-bond donors (Lipinski definition) is 0. The van der Waals surface area contributed by atoms with E-state index in [9.17, 15) is 35.1 Å². The number of hydrogen-bond acceptors (Lipinski definition) is 0. The Morgan fingerprint density at radius 1 is 0.583 bits per heavy atom. The van der Waals surface area contributed by atoms with E-state index in [1.807, 2.05) is 0 Å². The first-order valence-corrected chi connectivity index (χ1v) is 2.26. The molecule has 0 bridgehead atoms. The molecular formula is C4F8. The predicted molar refractivity (Wildman–Crippen MR) is 21.4 cm³/mol. The van der Waals surface area contributed by atoms with Gasteiger partial charge < -0.3 is 0 Å². The second-order valence-corrected chi connectivity index (χ2v) is 1.62. The molecule has 0 fully saturated rings. The molecule has 0 aliphatic carbocycles. The van der Waals surface area contributed by atoms with Gasteiger partial charge in [-0.05, 0) is 0 Å². The fraction of sp³-hybridized carbons (Fsp3) is 0.500. The van der Waals surface area contributed by atoms with E-state index in [2.05, 4.69) is 0 Å². The molecule has 0 heterocycles. The topological polar surface area (TPSA) is 0 Å². The van der Waals surface area contributed by atoms with Crippen molar-refractivity contribution < 1.29 is 35.1 Å². The van der Waals surface area contributed by atoms with Gasteiger partial charge in [-0.3, -0.25) is 0 Å². The van der Waals surface area contributed by atoms with Crippen molar-refractivity contribution in [3.8, 4) is 0 Å². The summed E-state index contributed by atoms with van der Waals surface area (Å²) in [5.41, 5.74) is 0. The molecule has 0 nitrogen and oxygen atoms in total. The largest absolute Gasteiger partial charge is 0.445 e. The van der Waals surface area contributed by atoms with Crippen LogP contribution in [-0.2, 0) is 0 Å². The zero-order valence-corrected chi connectivity index (χ0v) is 5.02. The van der Waals surface area contributed by atoms with Gasteiger partial charge in [-0.25, -0.2) is 0 Å². The molecule has 0 rings (SSSR count). The fourth-order valence-electron chi connectivity index (χ4n) is 0.249. The minimum absolute atomic E-state index is 3.77. The van der Waals surface area contributed by atoms with Crippen molar-refractivity contribution in [3.05, 3.63) is 11.7 Å². The lowest BCUT2D eigenvalue weighted by Gasteiger charge is -2.07. The van der Waals surface area contributed by atoms with E-state index >= 15 is 0 Å². The van der Waals surface area contributed by atoms with Crippen LogP contribution in [0.1, 0.15) is 0 Å². The number of alkyl halides is 6. The Labute approximate surface area is 60.5 Å². The van der Waals surface area contributed by atoms with Crippen LogP contribution in [0.2, 0.25) is 0 Å². The van der Waals surface area contributed by atoms with Crippen molar-refractivity contribution in [1.29, 1.82) is 0 Å². The molecule has 72 valence electrons. The van der Waals surface area contributed by atoms with E-state index in [0.717, 1.165) is 0 Å².